The van der Waals surface area contributed by atoms with Gasteiger partial charge in [0.25, 0.3) is 5.88 Å². The van der Waals surface area contributed by atoms with Gasteiger partial charge in [-0.3, -0.25) is 0 Å². The van der Waals surface area contributed by atoms with Gasteiger partial charge in [0.2, 0.25) is 0 Å². The first-order valence-electron chi connectivity index (χ1n) is 6.78. The Balaban J connectivity index is 0.00000161. The Labute approximate surface area is 135 Å². The fourth-order valence-corrected chi connectivity index (χ4v) is 2.46. The van der Waals surface area contributed by atoms with Crippen LogP contribution in [0.1, 0.15) is 12.8 Å². The Morgan fingerprint density at radius 2 is 1.90 bits per heavy atom. The summed E-state index contributed by atoms with van der Waals surface area (Å²) in [6, 6.07) is 9.31. The minimum atomic E-state index is 0. The third-order valence-electron chi connectivity index (χ3n) is 3.57. The highest BCUT2D eigenvalue weighted by atomic mass is 35.5. The van der Waals surface area contributed by atoms with Crippen molar-refractivity contribution in [3.05, 3.63) is 35.4 Å². The number of hydrogen-bond donors (Lipinski definition) is 0. The molecule has 21 heavy (non-hydrogen) atoms. The van der Waals surface area contributed by atoms with E-state index < -0.39 is 0 Å². The second kappa shape index (κ2) is 7.16. The zero-order valence-electron chi connectivity index (χ0n) is 11.8. The van der Waals surface area contributed by atoms with Crippen molar-refractivity contribution in [2.75, 3.05) is 20.1 Å². The van der Waals surface area contributed by atoms with E-state index in [-0.39, 0.29) is 18.5 Å². The Hall–Kier alpha value is -1.23. The summed E-state index contributed by atoms with van der Waals surface area (Å²) in [7, 11) is 2.13. The lowest BCUT2D eigenvalue weighted by atomic mass is 10.1. The summed E-state index contributed by atoms with van der Waals surface area (Å²) in [6.45, 7) is 2.12. The van der Waals surface area contributed by atoms with Gasteiger partial charge in [-0.2, -0.15) is 0 Å². The summed E-state index contributed by atoms with van der Waals surface area (Å²) in [5.41, 5.74) is 0.945. The Kier molecular flexibility index (Phi) is 5.51. The Morgan fingerprint density at radius 1 is 1.24 bits per heavy atom. The molecule has 0 atom stereocenters. The van der Waals surface area contributed by atoms with Crippen LogP contribution in [0, 0.1) is 0 Å². The van der Waals surface area contributed by atoms with Crippen LogP contribution in [0.5, 0.6) is 5.88 Å². The molecule has 6 heteroatoms. The number of piperidine rings is 1. The number of rotatable bonds is 3. The van der Waals surface area contributed by atoms with E-state index in [9.17, 15) is 0 Å². The number of halogens is 2. The first-order valence-corrected chi connectivity index (χ1v) is 7.16. The van der Waals surface area contributed by atoms with E-state index in [1.807, 2.05) is 30.3 Å². The van der Waals surface area contributed by atoms with Crippen LogP contribution >= 0.6 is 24.0 Å². The van der Waals surface area contributed by atoms with Crippen LogP contribution in [0.4, 0.5) is 0 Å². The molecule has 1 aromatic heterocycles. The number of likely N-dealkylation sites (tertiary alicyclic amines) is 1. The molecule has 1 aliphatic heterocycles. The molecule has 0 unspecified atom stereocenters. The number of nitrogens with zero attached hydrogens (tertiary/aromatic N) is 2. The van der Waals surface area contributed by atoms with Gasteiger partial charge >= 0.3 is 0 Å². The summed E-state index contributed by atoms with van der Waals surface area (Å²) >= 11 is 5.87. The second-order valence-corrected chi connectivity index (χ2v) is 5.59. The SMILES string of the molecule is CN1CCC(Oc2cc(-c3ccc(Cl)cc3)on2)CC1.Cl. The molecule has 1 aliphatic rings. The number of aromatic nitrogens is 1. The third kappa shape index (κ3) is 4.13. The standard InChI is InChI=1S/C15H17ClN2O2.ClH/c1-18-8-6-13(7-9-18)19-15-10-14(20-17-15)11-2-4-12(16)5-3-11;/h2-5,10,13H,6-9H2,1H3;1H. The Bertz CT molecular complexity index is 563. The highest BCUT2D eigenvalue weighted by molar-refractivity contribution is 6.30. The molecule has 4 nitrogen and oxygen atoms in total. The molecule has 1 fully saturated rings. The van der Waals surface area contributed by atoms with E-state index in [0.29, 0.717) is 16.7 Å². The molecule has 114 valence electrons. The third-order valence-corrected chi connectivity index (χ3v) is 3.82. The van der Waals surface area contributed by atoms with Crippen molar-refractivity contribution >= 4 is 24.0 Å². The van der Waals surface area contributed by atoms with E-state index >= 15 is 0 Å². The summed E-state index contributed by atoms with van der Waals surface area (Å²) in [6.07, 6.45) is 2.29. The van der Waals surface area contributed by atoms with Gasteiger partial charge in [0.05, 0.1) is 0 Å². The van der Waals surface area contributed by atoms with Crippen LogP contribution in [-0.2, 0) is 0 Å². The molecule has 0 bridgehead atoms. The topological polar surface area (TPSA) is 38.5 Å². The van der Waals surface area contributed by atoms with Crippen molar-refractivity contribution in [3.63, 3.8) is 0 Å². The van der Waals surface area contributed by atoms with Crippen LogP contribution in [0.3, 0.4) is 0 Å². The maximum absolute atomic E-state index is 5.87. The molecule has 1 aromatic carbocycles. The van der Waals surface area contributed by atoms with E-state index in [1.54, 1.807) is 0 Å². The van der Waals surface area contributed by atoms with Crippen molar-refractivity contribution in [2.45, 2.75) is 18.9 Å². The lowest BCUT2D eigenvalue weighted by Crippen LogP contribution is -2.35. The van der Waals surface area contributed by atoms with Crippen LogP contribution < -0.4 is 4.74 Å². The smallest absolute Gasteiger partial charge is 0.254 e. The maximum Gasteiger partial charge on any atom is 0.254 e. The van der Waals surface area contributed by atoms with Crippen molar-refractivity contribution in [1.29, 1.82) is 0 Å². The van der Waals surface area contributed by atoms with Crippen LogP contribution in [0.2, 0.25) is 5.02 Å². The normalized spacial score (nSPS) is 16.5. The minimum absolute atomic E-state index is 0. The van der Waals surface area contributed by atoms with Crippen LogP contribution in [0.25, 0.3) is 11.3 Å². The van der Waals surface area contributed by atoms with E-state index in [0.717, 1.165) is 31.5 Å². The molecule has 3 rings (SSSR count). The molecule has 2 aromatic rings. The molecule has 0 aliphatic carbocycles. The predicted molar refractivity (Wildman–Crippen MR) is 85.3 cm³/mol. The molecule has 0 radical (unpaired) electrons. The fraction of sp³-hybridized carbons (Fsp3) is 0.400. The highest BCUT2D eigenvalue weighted by Gasteiger charge is 2.19. The first-order chi connectivity index (χ1) is 9.70. The Morgan fingerprint density at radius 3 is 2.57 bits per heavy atom. The fourth-order valence-electron chi connectivity index (χ4n) is 2.34. The minimum Gasteiger partial charge on any atom is -0.472 e. The first kappa shape index (κ1) is 16.1. The summed E-state index contributed by atoms with van der Waals surface area (Å²) in [5.74, 6) is 1.26. The number of ether oxygens (including phenoxy) is 1. The second-order valence-electron chi connectivity index (χ2n) is 5.16. The lowest BCUT2D eigenvalue weighted by Gasteiger charge is -2.28. The molecule has 0 amide bonds. The molecule has 2 heterocycles. The van der Waals surface area contributed by atoms with Gasteiger partial charge in [0.15, 0.2) is 5.76 Å². The molecular weight excluding hydrogens is 311 g/mol. The van der Waals surface area contributed by atoms with Crippen molar-refractivity contribution in [3.8, 4) is 17.2 Å². The summed E-state index contributed by atoms with van der Waals surface area (Å²) in [5, 5.41) is 4.69. The van der Waals surface area contributed by atoms with Gasteiger partial charge < -0.3 is 14.2 Å². The van der Waals surface area contributed by atoms with Crippen molar-refractivity contribution in [1.82, 2.24) is 10.1 Å². The van der Waals surface area contributed by atoms with Gasteiger partial charge in [-0.1, -0.05) is 11.6 Å². The predicted octanol–water partition coefficient (Wildman–Crippen LogP) is 3.89. The molecule has 1 saturated heterocycles. The van der Waals surface area contributed by atoms with Gasteiger partial charge in [-0.15, -0.1) is 12.4 Å². The van der Waals surface area contributed by atoms with Gasteiger partial charge in [0.1, 0.15) is 6.10 Å². The van der Waals surface area contributed by atoms with Crippen molar-refractivity contribution < 1.29 is 9.26 Å². The number of benzene rings is 1. The number of hydrogen-bond acceptors (Lipinski definition) is 4. The van der Waals surface area contributed by atoms with Gasteiger partial charge in [-0.25, -0.2) is 0 Å². The quantitative estimate of drug-likeness (QED) is 0.856. The molecular formula is C15H18Cl2N2O2. The largest absolute Gasteiger partial charge is 0.472 e. The zero-order valence-corrected chi connectivity index (χ0v) is 13.4. The van der Waals surface area contributed by atoms with Gasteiger partial charge in [0, 0.05) is 29.7 Å². The van der Waals surface area contributed by atoms with Crippen molar-refractivity contribution in [2.24, 2.45) is 0 Å². The molecule has 0 N–H and O–H groups in total. The average Bonchev–Trinajstić information content (AvgIpc) is 2.91. The van der Waals surface area contributed by atoms with Crippen LogP contribution in [0.15, 0.2) is 34.9 Å². The molecule has 0 spiro atoms. The molecule has 0 saturated carbocycles. The summed E-state index contributed by atoms with van der Waals surface area (Å²) in [4.78, 5) is 2.31. The van der Waals surface area contributed by atoms with E-state index in [4.69, 9.17) is 20.9 Å². The maximum atomic E-state index is 5.87. The van der Waals surface area contributed by atoms with E-state index in [2.05, 4.69) is 17.1 Å². The average molecular weight is 329 g/mol. The lowest BCUT2D eigenvalue weighted by molar-refractivity contribution is 0.106. The summed E-state index contributed by atoms with van der Waals surface area (Å²) < 4.78 is 11.2. The van der Waals surface area contributed by atoms with Gasteiger partial charge in [-0.05, 0) is 49.3 Å². The monoisotopic (exact) mass is 328 g/mol. The van der Waals surface area contributed by atoms with E-state index in [1.165, 1.54) is 0 Å². The van der Waals surface area contributed by atoms with Crippen LogP contribution in [-0.4, -0.2) is 36.3 Å². The zero-order chi connectivity index (χ0) is 13.9. The highest BCUT2D eigenvalue weighted by Crippen LogP contribution is 2.26.